The highest BCUT2D eigenvalue weighted by Gasteiger charge is 2.23. The van der Waals surface area contributed by atoms with Gasteiger partial charge in [0.05, 0.1) is 11.5 Å². The zero-order chi connectivity index (χ0) is 20.5. The minimum absolute atomic E-state index is 0.0783. The van der Waals surface area contributed by atoms with Gasteiger partial charge in [0.2, 0.25) is 15.8 Å². The number of ether oxygens (including phenoxy) is 1. The number of aryl methyl sites for hydroxylation is 1. The van der Waals surface area contributed by atoms with Gasteiger partial charge in [-0.05, 0) is 56.7 Å². The van der Waals surface area contributed by atoms with Crippen molar-refractivity contribution in [1.29, 1.82) is 0 Å². The molecule has 0 aliphatic heterocycles. The van der Waals surface area contributed by atoms with Crippen LogP contribution in [-0.2, 0) is 14.8 Å². The number of hydrogen-bond donors (Lipinski definition) is 2. The summed E-state index contributed by atoms with van der Waals surface area (Å²) in [7, 11) is -3.79. The number of benzene rings is 2. The van der Waals surface area contributed by atoms with Crippen LogP contribution in [-0.4, -0.2) is 21.0 Å². The van der Waals surface area contributed by atoms with Crippen LogP contribution in [0.15, 0.2) is 51.8 Å². The van der Waals surface area contributed by atoms with Gasteiger partial charge in [-0.25, -0.2) is 17.9 Å². The molecule has 0 saturated carbocycles. The van der Waals surface area contributed by atoms with Crippen LogP contribution >= 0.6 is 0 Å². The molecular formula is C20H22N2O5S. The summed E-state index contributed by atoms with van der Waals surface area (Å²) in [5.41, 5.74) is 8.04. The van der Waals surface area contributed by atoms with Crippen molar-refractivity contribution in [1.82, 2.24) is 4.72 Å². The molecule has 28 heavy (non-hydrogen) atoms. The molecule has 8 heteroatoms. The van der Waals surface area contributed by atoms with Gasteiger partial charge in [0.1, 0.15) is 5.58 Å². The molecule has 0 bridgehead atoms. The van der Waals surface area contributed by atoms with Crippen molar-refractivity contribution in [3.05, 3.63) is 59.4 Å². The molecule has 1 atom stereocenters. The van der Waals surface area contributed by atoms with Crippen LogP contribution in [0.3, 0.4) is 0 Å². The quantitative estimate of drug-likeness (QED) is 0.482. The Hall–Kier alpha value is -2.84. The summed E-state index contributed by atoms with van der Waals surface area (Å²) >= 11 is 0. The van der Waals surface area contributed by atoms with Crippen molar-refractivity contribution < 1.29 is 22.4 Å². The van der Waals surface area contributed by atoms with E-state index in [0.717, 1.165) is 5.56 Å². The van der Waals surface area contributed by atoms with E-state index in [9.17, 15) is 13.2 Å². The van der Waals surface area contributed by atoms with E-state index in [0.29, 0.717) is 22.2 Å². The van der Waals surface area contributed by atoms with E-state index in [1.54, 1.807) is 45.0 Å². The molecule has 3 rings (SSSR count). The van der Waals surface area contributed by atoms with Crippen LogP contribution in [0, 0.1) is 6.92 Å². The predicted molar refractivity (Wildman–Crippen MR) is 106 cm³/mol. The first-order valence-corrected chi connectivity index (χ1v) is 10.3. The number of nitrogens with one attached hydrogen (secondary N) is 1. The number of sulfonamides is 1. The predicted octanol–water partition coefficient (Wildman–Crippen LogP) is 3.54. The Morgan fingerprint density at radius 2 is 1.89 bits per heavy atom. The van der Waals surface area contributed by atoms with E-state index < -0.39 is 22.0 Å². The van der Waals surface area contributed by atoms with Gasteiger partial charge in [-0.1, -0.05) is 12.1 Å². The smallest absolute Gasteiger partial charge is 0.374 e. The Bertz CT molecular complexity index is 1120. The Morgan fingerprint density at radius 1 is 1.21 bits per heavy atom. The van der Waals surface area contributed by atoms with E-state index >= 15 is 0 Å². The SMILES string of the molecule is CCOC(=O)c1oc2ccc(S(=O)(=O)NC(C)c3ccc(N)cc3)cc2c1C. The molecule has 0 fully saturated rings. The maximum absolute atomic E-state index is 12.8. The van der Waals surface area contributed by atoms with Crippen LogP contribution in [0.1, 0.15) is 41.6 Å². The molecule has 1 heterocycles. The number of fused-ring (bicyclic) bond motifs is 1. The molecule has 1 unspecified atom stereocenters. The molecule has 3 aromatic rings. The number of esters is 1. The highest BCUT2D eigenvalue weighted by molar-refractivity contribution is 7.89. The third kappa shape index (κ3) is 3.88. The fourth-order valence-corrected chi connectivity index (χ4v) is 4.17. The third-order valence-electron chi connectivity index (χ3n) is 4.45. The van der Waals surface area contributed by atoms with E-state index in [1.165, 1.54) is 18.2 Å². The van der Waals surface area contributed by atoms with Gasteiger partial charge in [0.25, 0.3) is 0 Å². The second-order valence-corrected chi connectivity index (χ2v) is 8.16. The maximum Gasteiger partial charge on any atom is 0.374 e. The summed E-state index contributed by atoms with van der Waals surface area (Å²) in [6, 6.07) is 11.0. The molecule has 0 aliphatic rings. The maximum atomic E-state index is 12.8. The molecule has 0 radical (unpaired) electrons. The average Bonchev–Trinajstić information content (AvgIpc) is 2.98. The lowest BCUT2D eigenvalue weighted by atomic mass is 10.1. The van der Waals surface area contributed by atoms with Crippen molar-refractivity contribution in [2.45, 2.75) is 31.7 Å². The van der Waals surface area contributed by atoms with Gasteiger partial charge in [0.15, 0.2) is 0 Å². The molecule has 0 saturated heterocycles. The van der Waals surface area contributed by atoms with Crippen molar-refractivity contribution in [3.63, 3.8) is 0 Å². The summed E-state index contributed by atoms with van der Waals surface area (Å²) < 4.78 is 38.8. The zero-order valence-corrected chi connectivity index (χ0v) is 16.7. The standard InChI is InChI=1S/C20H22N2O5S/c1-4-26-20(23)19-12(2)17-11-16(9-10-18(17)27-19)28(24,25)22-13(3)14-5-7-15(21)8-6-14/h5-11,13,22H,4,21H2,1-3H3. The fourth-order valence-electron chi connectivity index (χ4n) is 2.91. The van der Waals surface area contributed by atoms with Gasteiger partial charge in [-0.3, -0.25) is 0 Å². The molecule has 2 aromatic carbocycles. The van der Waals surface area contributed by atoms with Crippen LogP contribution in [0.4, 0.5) is 5.69 Å². The van der Waals surface area contributed by atoms with Gasteiger partial charge in [0, 0.05) is 22.7 Å². The number of anilines is 1. The third-order valence-corrected chi connectivity index (χ3v) is 5.99. The number of nitrogen functional groups attached to an aromatic ring is 1. The highest BCUT2D eigenvalue weighted by atomic mass is 32.2. The minimum Gasteiger partial charge on any atom is -0.460 e. The first-order chi connectivity index (χ1) is 13.2. The lowest BCUT2D eigenvalue weighted by molar-refractivity contribution is 0.0491. The molecule has 148 valence electrons. The number of hydrogen-bond acceptors (Lipinski definition) is 6. The van der Waals surface area contributed by atoms with Gasteiger partial charge < -0.3 is 14.9 Å². The van der Waals surface area contributed by atoms with Crippen molar-refractivity contribution in [2.24, 2.45) is 0 Å². The van der Waals surface area contributed by atoms with Gasteiger partial charge >= 0.3 is 5.97 Å². The van der Waals surface area contributed by atoms with Gasteiger partial charge in [-0.2, -0.15) is 0 Å². The highest BCUT2D eigenvalue weighted by Crippen LogP contribution is 2.29. The molecule has 1 aromatic heterocycles. The second-order valence-electron chi connectivity index (χ2n) is 6.44. The molecule has 0 aliphatic carbocycles. The Balaban J connectivity index is 1.92. The lowest BCUT2D eigenvalue weighted by Gasteiger charge is -2.15. The molecule has 7 nitrogen and oxygen atoms in total. The van der Waals surface area contributed by atoms with Crippen LogP contribution < -0.4 is 10.5 Å². The van der Waals surface area contributed by atoms with Crippen LogP contribution in [0.2, 0.25) is 0 Å². The molecule has 3 N–H and O–H groups in total. The summed E-state index contributed by atoms with van der Waals surface area (Å²) in [4.78, 5) is 12.1. The normalized spacial score (nSPS) is 12.8. The number of nitrogens with two attached hydrogens (primary N) is 1. The number of furan rings is 1. The summed E-state index contributed by atoms with van der Waals surface area (Å²) in [5.74, 6) is -0.495. The first kappa shape index (κ1) is 19.9. The van der Waals surface area contributed by atoms with E-state index in [1.807, 2.05) is 0 Å². The summed E-state index contributed by atoms with van der Waals surface area (Å²) in [6.45, 7) is 5.37. The Kier molecular flexibility index (Phi) is 5.44. The first-order valence-electron chi connectivity index (χ1n) is 8.81. The molecular weight excluding hydrogens is 380 g/mol. The van der Waals surface area contributed by atoms with E-state index in [2.05, 4.69) is 4.72 Å². The van der Waals surface area contributed by atoms with E-state index in [-0.39, 0.29) is 17.3 Å². The molecule has 0 amide bonds. The van der Waals surface area contributed by atoms with Gasteiger partial charge in [-0.15, -0.1) is 0 Å². The average molecular weight is 402 g/mol. The Morgan fingerprint density at radius 3 is 2.54 bits per heavy atom. The van der Waals surface area contributed by atoms with Crippen molar-refractivity contribution in [2.75, 3.05) is 12.3 Å². The van der Waals surface area contributed by atoms with E-state index in [4.69, 9.17) is 14.9 Å². The largest absolute Gasteiger partial charge is 0.460 e. The van der Waals surface area contributed by atoms with Crippen molar-refractivity contribution in [3.8, 4) is 0 Å². The topological polar surface area (TPSA) is 112 Å². The lowest BCUT2D eigenvalue weighted by Crippen LogP contribution is -2.26. The molecule has 0 spiro atoms. The van der Waals surface area contributed by atoms with Crippen LogP contribution in [0.25, 0.3) is 11.0 Å². The number of carbonyl (C=O) groups excluding carboxylic acids is 1. The summed E-state index contributed by atoms with van der Waals surface area (Å²) in [6.07, 6.45) is 0. The second kappa shape index (κ2) is 7.65. The number of carbonyl (C=O) groups is 1. The minimum atomic E-state index is -3.79. The monoisotopic (exact) mass is 402 g/mol. The zero-order valence-electron chi connectivity index (χ0n) is 15.9. The Labute approximate surface area is 163 Å². The van der Waals surface area contributed by atoms with Crippen molar-refractivity contribution >= 4 is 32.6 Å². The fraction of sp³-hybridized carbons (Fsp3) is 0.250. The number of rotatable bonds is 6. The summed E-state index contributed by atoms with van der Waals surface area (Å²) in [5, 5.41) is 0.547. The van der Waals surface area contributed by atoms with Crippen LogP contribution in [0.5, 0.6) is 0 Å².